The van der Waals surface area contributed by atoms with Gasteiger partial charge in [-0.15, -0.1) is 0 Å². The molecule has 0 aliphatic carbocycles. The number of hydrogen-bond acceptors (Lipinski definition) is 2. The number of hydrogen-bond donors (Lipinski definition) is 0. The Hall–Kier alpha value is -1.31. The maximum atomic E-state index is 11.4. The predicted octanol–water partition coefficient (Wildman–Crippen LogP) is 2.86. The van der Waals surface area contributed by atoms with Gasteiger partial charge in [0, 0.05) is 0 Å². The lowest BCUT2D eigenvalue weighted by Crippen LogP contribution is -2.15. The van der Waals surface area contributed by atoms with Gasteiger partial charge in [0.2, 0.25) is 0 Å². The number of benzene rings is 1. The van der Waals surface area contributed by atoms with Crippen molar-refractivity contribution in [2.24, 2.45) is 5.92 Å². The summed E-state index contributed by atoms with van der Waals surface area (Å²) in [4.78, 5) is 11.4. The van der Waals surface area contributed by atoms with E-state index in [0.717, 1.165) is 11.1 Å². The van der Waals surface area contributed by atoms with E-state index in [1.54, 1.807) is 0 Å². The van der Waals surface area contributed by atoms with Crippen molar-refractivity contribution in [3.05, 3.63) is 29.3 Å². The molecule has 0 spiro atoms. The first-order valence-corrected chi connectivity index (χ1v) is 4.80. The maximum Gasteiger partial charge on any atom is 0.313 e. The van der Waals surface area contributed by atoms with Crippen LogP contribution in [0.15, 0.2) is 18.2 Å². The van der Waals surface area contributed by atoms with Crippen molar-refractivity contribution in [1.29, 1.82) is 0 Å². The van der Waals surface area contributed by atoms with Crippen LogP contribution in [0.2, 0.25) is 0 Å². The number of carbonyl (C=O) groups excluding carboxylic acids is 1. The Labute approximate surface area is 84.9 Å². The van der Waals surface area contributed by atoms with E-state index in [1.165, 1.54) is 0 Å². The van der Waals surface area contributed by atoms with E-state index < -0.39 is 0 Å². The Bertz CT molecular complexity index is 340. The summed E-state index contributed by atoms with van der Waals surface area (Å²) in [6.45, 7) is 7.61. The smallest absolute Gasteiger partial charge is 0.313 e. The largest absolute Gasteiger partial charge is 0.426 e. The molecule has 0 unspecified atom stereocenters. The van der Waals surface area contributed by atoms with Crippen LogP contribution in [0.3, 0.4) is 0 Å². The maximum absolute atomic E-state index is 11.4. The first-order valence-electron chi connectivity index (χ1n) is 4.80. The SMILES string of the molecule is Cc1cccc(OC(=O)C(C)C)c1C. The van der Waals surface area contributed by atoms with Gasteiger partial charge in [-0.25, -0.2) is 0 Å². The highest BCUT2D eigenvalue weighted by Crippen LogP contribution is 2.21. The molecule has 76 valence electrons. The van der Waals surface area contributed by atoms with Crippen LogP contribution in [0.5, 0.6) is 5.75 Å². The van der Waals surface area contributed by atoms with Gasteiger partial charge in [0.15, 0.2) is 0 Å². The molecule has 0 bridgehead atoms. The molecule has 0 atom stereocenters. The van der Waals surface area contributed by atoms with Crippen molar-refractivity contribution < 1.29 is 9.53 Å². The molecule has 1 aromatic rings. The minimum atomic E-state index is -0.182. The van der Waals surface area contributed by atoms with Crippen LogP contribution in [0.25, 0.3) is 0 Å². The average molecular weight is 192 g/mol. The van der Waals surface area contributed by atoms with Crippen LogP contribution < -0.4 is 4.74 Å². The zero-order chi connectivity index (χ0) is 10.7. The van der Waals surface area contributed by atoms with E-state index in [4.69, 9.17) is 4.74 Å². The van der Waals surface area contributed by atoms with Gasteiger partial charge in [-0.3, -0.25) is 4.79 Å². The van der Waals surface area contributed by atoms with Crippen LogP contribution in [-0.2, 0) is 4.79 Å². The fraction of sp³-hybridized carbons (Fsp3) is 0.417. The molecule has 14 heavy (non-hydrogen) atoms. The standard InChI is InChI=1S/C12H16O2/c1-8(2)12(13)14-11-7-5-6-9(3)10(11)4/h5-8H,1-4H3. The highest BCUT2D eigenvalue weighted by atomic mass is 16.5. The molecule has 0 fully saturated rings. The van der Waals surface area contributed by atoms with E-state index in [-0.39, 0.29) is 11.9 Å². The molecule has 0 saturated heterocycles. The van der Waals surface area contributed by atoms with Gasteiger partial charge >= 0.3 is 5.97 Å². The predicted molar refractivity (Wildman–Crippen MR) is 56.4 cm³/mol. The summed E-state index contributed by atoms with van der Waals surface area (Å²) in [5.74, 6) is 0.400. The third-order valence-corrected chi connectivity index (χ3v) is 2.24. The average Bonchev–Trinajstić information content (AvgIpc) is 2.12. The Kier molecular flexibility index (Phi) is 3.28. The summed E-state index contributed by atoms with van der Waals surface area (Å²) in [5, 5.41) is 0. The summed E-state index contributed by atoms with van der Waals surface area (Å²) in [5.41, 5.74) is 2.17. The minimum Gasteiger partial charge on any atom is -0.426 e. The monoisotopic (exact) mass is 192 g/mol. The first kappa shape index (κ1) is 10.8. The number of esters is 1. The van der Waals surface area contributed by atoms with E-state index in [2.05, 4.69) is 0 Å². The third-order valence-electron chi connectivity index (χ3n) is 2.24. The van der Waals surface area contributed by atoms with Crippen molar-refractivity contribution in [2.45, 2.75) is 27.7 Å². The summed E-state index contributed by atoms with van der Waals surface area (Å²) in [6, 6.07) is 5.72. The summed E-state index contributed by atoms with van der Waals surface area (Å²) in [6.07, 6.45) is 0. The fourth-order valence-electron chi connectivity index (χ4n) is 1.06. The molecule has 0 N–H and O–H groups in total. The van der Waals surface area contributed by atoms with Gasteiger partial charge in [0.05, 0.1) is 5.92 Å². The summed E-state index contributed by atoms with van der Waals surface area (Å²) >= 11 is 0. The summed E-state index contributed by atoms with van der Waals surface area (Å²) < 4.78 is 5.25. The number of carbonyl (C=O) groups is 1. The summed E-state index contributed by atoms with van der Waals surface area (Å²) in [7, 11) is 0. The van der Waals surface area contributed by atoms with Gasteiger partial charge in [-0.2, -0.15) is 0 Å². The highest BCUT2D eigenvalue weighted by molar-refractivity contribution is 5.74. The quantitative estimate of drug-likeness (QED) is 0.532. The Morgan fingerprint density at radius 1 is 1.29 bits per heavy atom. The van der Waals surface area contributed by atoms with Crippen LogP contribution >= 0.6 is 0 Å². The normalized spacial score (nSPS) is 10.4. The van der Waals surface area contributed by atoms with Gasteiger partial charge in [-0.05, 0) is 31.0 Å². The van der Waals surface area contributed by atoms with Gasteiger partial charge in [0.1, 0.15) is 5.75 Å². The Balaban J connectivity index is 2.87. The molecule has 0 heterocycles. The lowest BCUT2D eigenvalue weighted by Gasteiger charge is -2.10. The molecule has 1 aromatic carbocycles. The van der Waals surface area contributed by atoms with Gasteiger partial charge < -0.3 is 4.74 Å². The van der Waals surface area contributed by atoms with E-state index in [9.17, 15) is 4.79 Å². The third kappa shape index (κ3) is 2.34. The van der Waals surface area contributed by atoms with Crippen LogP contribution in [0, 0.1) is 19.8 Å². The molecule has 1 rings (SSSR count). The van der Waals surface area contributed by atoms with E-state index in [0.29, 0.717) is 5.75 Å². The van der Waals surface area contributed by atoms with E-state index in [1.807, 2.05) is 45.9 Å². The highest BCUT2D eigenvalue weighted by Gasteiger charge is 2.11. The zero-order valence-corrected chi connectivity index (χ0v) is 9.13. The molecule has 0 aliphatic heterocycles. The molecule has 2 heteroatoms. The van der Waals surface area contributed by atoms with Crippen molar-refractivity contribution in [3.63, 3.8) is 0 Å². The second kappa shape index (κ2) is 4.27. The molecule has 0 radical (unpaired) electrons. The fourth-order valence-corrected chi connectivity index (χ4v) is 1.06. The second-order valence-electron chi connectivity index (χ2n) is 3.77. The molecule has 2 nitrogen and oxygen atoms in total. The van der Waals surface area contributed by atoms with Crippen LogP contribution in [-0.4, -0.2) is 5.97 Å². The lowest BCUT2D eigenvalue weighted by molar-refractivity contribution is -0.137. The van der Waals surface area contributed by atoms with Crippen LogP contribution in [0.1, 0.15) is 25.0 Å². The lowest BCUT2D eigenvalue weighted by atomic mass is 10.1. The van der Waals surface area contributed by atoms with Crippen LogP contribution in [0.4, 0.5) is 0 Å². The number of aryl methyl sites for hydroxylation is 1. The van der Waals surface area contributed by atoms with Crippen molar-refractivity contribution >= 4 is 5.97 Å². The zero-order valence-electron chi connectivity index (χ0n) is 9.13. The van der Waals surface area contributed by atoms with Gasteiger partial charge in [0.25, 0.3) is 0 Å². The molecule has 0 amide bonds. The molecule has 0 saturated carbocycles. The van der Waals surface area contributed by atoms with E-state index >= 15 is 0 Å². The molecular formula is C12H16O2. The Morgan fingerprint density at radius 3 is 2.50 bits per heavy atom. The number of ether oxygens (including phenoxy) is 1. The molecule has 0 aliphatic rings. The molecule has 0 aromatic heterocycles. The molecular weight excluding hydrogens is 176 g/mol. The van der Waals surface area contributed by atoms with Crippen molar-refractivity contribution in [1.82, 2.24) is 0 Å². The first-order chi connectivity index (χ1) is 6.52. The number of rotatable bonds is 2. The van der Waals surface area contributed by atoms with Crippen molar-refractivity contribution in [3.8, 4) is 5.75 Å². The van der Waals surface area contributed by atoms with Gasteiger partial charge in [-0.1, -0.05) is 26.0 Å². The topological polar surface area (TPSA) is 26.3 Å². The van der Waals surface area contributed by atoms with Crippen molar-refractivity contribution in [2.75, 3.05) is 0 Å². The second-order valence-corrected chi connectivity index (χ2v) is 3.77. The minimum absolute atomic E-state index is 0.0880. The Morgan fingerprint density at radius 2 is 1.93 bits per heavy atom.